The van der Waals surface area contributed by atoms with Crippen LogP contribution in [0.4, 0.5) is 13.2 Å². The Kier molecular flexibility index (Phi) is 4.31. The second-order valence-corrected chi connectivity index (χ2v) is 9.15. The predicted molar refractivity (Wildman–Crippen MR) is 89.5 cm³/mol. The van der Waals surface area contributed by atoms with Crippen LogP contribution in [0, 0.1) is 17.8 Å². The number of ether oxygens (including phenoxy) is 1. The number of sulfonamides is 1. The quantitative estimate of drug-likeness (QED) is 0.797. The number of fused-ring (bicyclic) bond motifs is 1. The van der Waals surface area contributed by atoms with Crippen molar-refractivity contribution in [2.24, 2.45) is 28.0 Å². The first-order valence-corrected chi connectivity index (χ1v) is 10.3. The van der Waals surface area contributed by atoms with Crippen molar-refractivity contribution in [3.05, 3.63) is 29.8 Å². The molecule has 28 heavy (non-hydrogen) atoms. The number of halogens is 3. The number of nitrogens with zero attached hydrogens (tertiary/aromatic N) is 2. The molecule has 2 unspecified atom stereocenters. The maximum absolute atomic E-state index is 13.0. The highest BCUT2D eigenvalue weighted by atomic mass is 32.2. The zero-order valence-corrected chi connectivity index (χ0v) is 15.6. The van der Waals surface area contributed by atoms with Crippen molar-refractivity contribution in [1.29, 1.82) is 0 Å². The van der Waals surface area contributed by atoms with Gasteiger partial charge in [0.2, 0.25) is 5.91 Å². The molecular weight excluding hydrogens is 399 g/mol. The van der Waals surface area contributed by atoms with Crippen LogP contribution in [-0.2, 0) is 25.2 Å². The van der Waals surface area contributed by atoms with E-state index in [1.54, 1.807) is 7.11 Å². The molecule has 0 bridgehead atoms. The summed E-state index contributed by atoms with van der Waals surface area (Å²) in [5.41, 5.74) is -2.89. The second kappa shape index (κ2) is 6.24. The molecule has 0 spiro atoms. The van der Waals surface area contributed by atoms with Crippen LogP contribution in [0.3, 0.4) is 0 Å². The molecular formula is C17H18F3N3O4S. The van der Waals surface area contributed by atoms with Crippen LogP contribution in [0.2, 0.25) is 0 Å². The van der Waals surface area contributed by atoms with Gasteiger partial charge in [0, 0.05) is 18.6 Å². The Morgan fingerprint density at radius 2 is 1.82 bits per heavy atom. The number of alkyl halides is 3. The lowest BCUT2D eigenvalue weighted by Gasteiger charge is -2.39. The number of benzene rings is 1. The van der Waals surface area contributed by atoms with Gasteiger partial charge in [-0.25, -0.2) is 13.1 Å². The van der Waals surface area contributed by atoms with Gasteiger partial charge in [0.05, 0.1) is 11.0 Å². The molecule has 4 atom stereocenters. The first-order valence-electron chi connectivity index (χ1n) is 8.78. The van der Waals surface area contributed by atoms with Crippen LogP contribution < -0.4 is 4.72 Å². The molecule has 1 aromatic carbocycles. The highest BCUT2D eigenvalue weighted by molar-refractivity contribution is 7.90. The molecule has 0 saturated heterocycles. The summed E-state index contributed by atoms with van der Waals surface area (Å²) < 4.78 is 71.3. The fraction of sp³-hybridized carbons (Fsp3) is 0.588. The summed E-state index contributed by atoms with van der Waals surface area (Å²) in [6.45, 7) is 0. The van der Waals surface area contributed by atoms with E-state index in [9.17, 15) is 26.4 Å². The van der Waals surface area contributed by atoms with Gasteiger partial charge in [-0.2, -0.15) is 13.2 Å². The zero-order valence-electron chi connectivity index (χ0n) is 14.8. The van der Waals surface area contributed by atoms with Crippen molar-refractivity contribution in [2.75, 3.05) is 7.11 Å². The molecule has 1 amide bonds. The summed E-state index contributed by atoms with van der Waals surface area (Å²) in [5, 5.41) is 6.14. The van der Waals surface area contributed by atoms with Crippen LogP contribution >= 0.6 is 0 Å². The molecule has 2 fully saturated rings. The third-order valence-electron chi connectivity index (χ3n) is 5.93. The van der Waals surface area contributed by atoms with Crippen molar-refractivity contribution in [3.8, 4) is 0 Å². The molecule has 11 heteroatoms. The minimum Gasteiger partial charge on any atom is -0.381 e. The first-order chi connectivity index (χ1) is 13.1. The first kappa shape index (κ1) is 19.3. The number of nitrogens with one attached hydrogen (secondary N) is 1. The molecule has 0 radical (unpaired) electrons. The Morgan fingerprint density at radius 1 is 1.18 bits per heavy atom. The van der Waals surface area contributed by atoms with E-state index in [0.717, 1.165) is 30.7 Å². The molecule has 2 saturated carbocycles. The molecule has 4 rings (SSSR count). The normalized spacial score (nSPS) is 30.4. The van der Waals surface area contributed by atoms with Gasteiger partial charge in [0.25, 0.3) is 10.0 Å². The van der Waals surface area contributed by atoms with E-state index in [-0.39, 0.29) is 22.5 Å². The van der Waals surface area contributed by atoms with E-state index in [4.69, 9.17) is 4.74 Å². The largest absolute Gasteiger partial charge is 0.442 e. The van der Waals surface area contributed by atoms with Crippen LogP contribution in [0.25, 0.3) is 0 Å². The monoisotopic (exact) mass is 417 g/mol. The summed E-state index contributed by atoms with van der Waals surface area (Å²) in [5.74, 6) is -0.367. The van der Waals surface area contributed by atoms with Gasteiger partial charge < -0.3 is 4.74 Å². The number of rotatable bonds is 5. The van der Waals surface area contributed by atoms with Crippen molar-refractivity contribution < 1.29 is 31.1 Å². The molecule has 1 heterocycles. The number of carbonyl (C=O) groups excluding carboxylic acids is 1. The summed E-state index contributed by atoms with van der Waals surface area (Å²) in [7, 11) is -2.56. The number of amides is 1. The summed E-state index contributed by atoms with van der Waals surface area (Å²) >= 11 is 0. The van der Waals surface area contributed by atoms with E-state index < -0.39 is 33.7 Å². The Labute approximate surface area is 159 Å². The van der Waals surface area contributed by atoms with Crippen LogP contribution in [0.1, 0.15) is 24.8 Å². The van der Waals surface area contributed by atoms with Crippen molar-refractivity contribution in [1.82, 2.24) is 4.72 Å². The topological polar surface area (TPSA) is 97.2 Å². The Balaban J connectivity index is 1.44. The fourth-order valence-corrected chi connectivity index (χ4v) is 5.27. The number of methoxy groups -OCH3 is 1. The van der Waals surface area contributed by atoms with Gasteiger partial charge in [0.1, 0.15) is 0 Å². The third-order valence-corrected chi connectivity index (χ3v) is 7.30. The SMILES string of the molecule is COC1C[C@@H]2CC(C(=O)NS(=O)(=O)c3ccc(C4(C(F)(F)F)N=N4)cc3)C[C@H]12. The molecule has 1 N–H and O–H groups in total. The second-order valence-electron chi connectivity index (χ2n) is 7.47. The van der Waals surface area contributed by atoms with Crippen molar-refractivity contribution in [3.63, 3.8) is 0 Å². The minimum atomic E-state index is -4.69. The molecule has 1 aromatic rings. The van der Waals surface area contributed by atoms with Gasteiger partial charge in [-0.3, -0.25) is 4.79 Å². The maximum Gasteiger partial charge on any atom is 0.442 e. The Bertz CT molecular complexity index is 924. The van der Waals surface area contributed by atoms with E-state index in [1.807, 2.05) is 4.72 Å². The van der Waals surface area contributed by atoms with Crippen molar-refractivity contribution in [2.45, 2.75) is 42.1 Å². The van der Waals surface area contributed by atoms with Crippen molar-refractivity contribution >= 4 is 15.9 Å². The zero-order chi connectivity index (χ0) is 20.3. The molecule has 152 valence electrons. The van der Waals surface area contributed by atoms with Crippen LogP contribution in [0.5, 0.6) is 0 Å². The Morgan fingerprint density at radius 3 is 2.36 bits per heavy atom. The maximum atomic E-state index is 13.0. The van der Waals surface area contributed by atoms with E-state index in [1.165, 1.54) is 0 Å². The minimum absolute atomic E-state index is 0.117. The lowest BCUT2D eigenvalue weighted by molar-refractivity contribution is -0.166. The lowest BCUT2D eigenvalue weighted by Crippen LogP contribution is -2.38. The average Bonchev–Trinajstić information content (AvgIpc) is 3.36. The molecule has 0 aromatic heterocycles. The molecule has 7 nitrogen and oxygen atoms in total. The lowest BCUT2D eigenvalue weighted by atomic mass is 9.73. The smallest absolute Gasteiger partial charge is 0.381 e. The van der Waals surface area contributed by atoms with Gasteiger partial charge in [-0.1, -0.05) is 12.1 Å². The van der Waals surface area contributed by atoms with Gasteiger partial charge in [-0.15, -0.1) is 10.2 Å². The number of carbonyl (C=O) groups is 1. The fourth-order valence-electron chi connectivity index (χ4n) is 4.23. The van der Waals surface area contributed by atoms with E-state index in [0.29, 0.717) is 18.8 Å². The highest BCUT2D eigenvalue weighted by Crippen LogP contribution is 2.52. The van der Waals surface area contributed by atoms with Crippen LogP contribution in [-0.4, -0.2) is 33.7 Å². The molecule has 2 aliphatic carbocycles. The van der Waals surface area contributed by atoms with Gasteiger partial charge in [-0.05, 0) is 43.2 Å². The molecule has 1 aliphatic heterocycles. The third kappa shape index (κ3) is 3.00. The summed E-state index contributed by atoms with van der Waals surface area (Å²) in [6, 6.07) is 4.04. The number of hydrogen-bond donors (Lipinski definition) is 1. The highest BCUT2D eigenvalue weighted by Gasteiger charge is 2.65. The summed E-state index contributed by atoms with van der Waals surface area (Å²) in [4.78, 5) is 12.1. The van der Waals surface area contributed by atoms with Crippen LogP contribution in [0.15, 0.2) is 39.4 Å². The average molecular weight is 417 g/mol. The predicted octanol–water partition coefficient (Wildman–Crippen LogP) is 2.73. The van der Waals surface area contributed by atoms with Gasteiger partial charge in [0.15, 0.2) is 0 Å². The number of hydrogen-bond acceptors (Lipinski definition) is 6. The van der Waals surface area contributed by atoms with E-state index in [2.05, 4.69) is 10.2 Å². The summed E-state index contributed by atoms with van der Waals surface area (Å²) in [6.07, 6.45) is -2.52. The van der Waals surface area contributed by atoms with Gasteiger partial charge >= 0.3 is 11.8 Å². The standard InChI is InChI=1S/C17H18F3N3O4S/c1-27-14-8-9-6-10(7-13(9)14)15(24)21-28(25,26)12-4-2-11(3-5-12)16(22-23-16)17(18,19)20/h2-5,9-10,13-14H,6-8H2,1H3,(H,21,24)/t9-,10?,13-,14?/m0/s1. The molecule has 3 aliphatic rings. The van der Waals surface area contributed by atoms with E-state index >= 15 is 0 Å². The Hall–Kier alpha value is -2.01.